The van der Waals surface area contributed by atoms with Gasteiger partial charge in [-0.2, -0.15) is 0 Å². The summed E-state index contributed by atoms with van der Waals surface area (Å²) in [4.78, 5) is 4.50. The highest BCUT2D eigenvalue weighted by Crippen LogP contribution is 2.16. The van der Waals surface area contributed by atoms with Gasteiger partial charge < -0.3 is 19.9 Å². The summed E-state index contributed by atoms with van der Waals surface area (Å²) in [6.45, 7) is 8.33. The van der Waals surface area contributed by atoms with Crippen LogP contribution >= 0.6 is 24.0 Å². The van der Waals surface area contributed by atoms with E-state index in [9.17, 15) is 4.39 Å². The molecule has 1 aromatic heterocycles. The van der Waals surface area contributed by atoms with E-state index in [4.69, 9.17) is 4.74 Å². The molecule has 2 N–H and O–H groups in total. The smallest absolute Gasteiger partial charge is 0.191 e. The van der Waals surface area contributed by atoms with Gasteiger partial charge in [0, 0.05) is 13.1 Å². The Morgan fingerprint density at radius 2 is 2.08 bits per heavy atom. The molecule has 0 aliphatic carbocycles. The van der Waals surface area contributed by atoms with Crippen LogP contribution < -0.4 is 15.4 Å². The quantitative estimate of drug-likeness (QED) is 0.348. The maximum atomic E-state index is 13.6. The molecule has 0 saturated heterocycles. The molecule has 2 rings (SSSR count). The molecular formula is C17H26FIN6O. The molecule has 1 atom stereocenters. The summed E-state index contributed by atoms with van der Waals surface area (Å²) >= 11 is 0. The zero-order chi connectivity index (χ0) is 18.1. The molecule has 1 heterocycles. The molecule has 0 aliphatic rings. The Labute approximate surface area is 170 Å². The minimum absolute atomic E-state index is 0. The van der Waals surface area contributed by atoms with Gasteiger partial charge in [0.15, 0.2) is 23.4 Å². The largest absolute Gasteiger partial charge is 0.486 e. The normalized spacial score (nSPS) is 12.2. The topological polar surface area (TPSA) is 76.4 Å². The van der Waals surface area contributed by atoms with E-state index in [1.165, 1.54) is 6.07 Å². The van der Waals surface area contributed by atoms with Crippen molar-refractivity contribution in [3.63, 3.8) is 0 Å². The number of aromatic nitrogens is 3. The van der Waals surface area contributed by atoms with E-state index in [2.05, 4.69) is 25.8 Å². The average molecular weight is 476 g/mol. The molecular weight excluding hydrogens is 450 g/mol. The van der Waals surface area contributed by atoms with Crippen molar-refractivity contribution in [3.05, 3.63) is 42.2 Å². The molecule has 1 aromatic carbocycles. The van der Waals surface area contributed by atoms with Gasteiger partial charge in [-0.1, -0.05) is 12.1 Å². The number of rotatable bonds is 8. The molecule has 9 heteroatoms. The Bertz CT molecular complexity index is 693. The Morgan fingerprint density at radius 3 is 2.77 bits per heavy atom. The van der Waals surface area contributed by atoms with Gasteiger partial charge in [-0.3, -0.25) is 0 Å². The van der Waals surface area contributed by atoms with Crippen LogP contribution in [0.3, 0.4) is 0 Å². The molecule has 0 saturated carbocycles. The first kappa shape index (κ1) is 22.1. The van der Waals surface area contributed by atoms with Crippen LogP contribution in [0.25, 0.3) is 0 Å². The first-order valence-electron chi connectivity index (χ1n) is 8.44. The standard InChI is InChI=1S/C17H25FN6O.HI/c1-4-19-17(21-11-16-23-22-12-24(16)5-2)20-10-13(3)25-15-9-7-6-8-14(15)18;/h6-9,12-13H,4-5,10-11H2,1-3H3,(H2,19,20,21);1H. The number of nitrogens with one attached hydrogen (secondary N) is 2. The van der Waals surface area contributed by atoms with Crippen LogP contribution in [0.1, 0.15) is 26.6 Å². The van der Waals surface area contributed by atoms with Gasteiger partial charge in [0.2, 0.25) is 0 Å². The fourth-order valence-electron chi connectivity index (χ4n) is 2.20. The number of para-hydroxylation sites is 1. The Morgan fingerprint density at radius 1 is 1.31 bits per heavy atom. The second kappa shape index (κ2) is 11.7. The van der Waals surface area contributed by atoms with Crippen molar-refractivity contribution in [2.24, 2.45) is 4.99 Å². The molecule has 0 radical (unpaired) electrons. The number of hydrogen-bond donors (Lipinski definition) is 2. The summed E-state index contributed by atoms with van der Waals surface area (Å²) in [5.41, 5.74) is 0. The third-order valence-electron chi connectivity index (χ3n) is 3.48. The van der Waals surface area contributed by atoms with Crippen molar-refractivity contribution < 1.29 is 9.13 Å². The second-order valence-corrected chi connectivity index (χ2v) is 5.47. The first-order valence-corrected chi connectivity index (χ1v) is 8.44. The van der Waals surface area contributed by atoms with Crippen LogP contribution in [0.2, 0.25) is 0 Å². The predicted molar refractivity (Wildman–Crippen MR) is 110 cm³/mol. The molecule has 0 aliphatic heterocycles. The maximum absolute atomic E-state index is 13.6. The fraction of sp³-hybridized carbons (Fsp3) is 0.471. The van der Waals surface area contributed by atoms with Crippen molar-refractivity contribution >= 4 is 29.9 Å². The van der Waals surface area contributed by atoms with E-state index in [0.717, 1.165) is 18.9 Å². The van der Waals surface area contributed by atoms with Gasteiger partial charge in [0.05, 0.1) is 6.54 Å². The lowest BCUT2D eigenvalue weighted by Crippen LogP contribution is -2.41. The van der Waals surface area contributed by atoms with Crippen LogP contribution in [-0.2, 0) is 13.1 Å². The molecule has 26 heavy (non-hydrogen) atoms. The van der Waals surface area contributed by atoms with Crippen LogP contribution in [0.4, 0.5) is 4.39 Å². The van der Waals surface area contributed by atoms with Crippen molar-refractivity contribution in [2.75, 3.05) is 13.1 Å². The molecule has 1 unspecified atom stereocenters. The summed E-state index contributed by atoms with van der Waals surface area (Å²) in [7, 11) is 0. The van der Waals surface area contributed by atoms with E-state index >= 15 is 0 Å². The van der Waals surface area contributed by atoms with Crippen LogP contribution in [0.5, 0.6) is 5.75 Å². The molecule has 7 nitrogen and oxygen atoms in total. The van der Waals surface area contributed by atoms with E-state index in [0.29, 0.717) is 19.0 Å². The fourth-order valence-corrected chi connectivity index (χ4v) is 2.20. The predicted octanol–water partition coefficient (Wildman–Crippen LogP) is 2.58. The van der Waals surface area contributed by atoms with Crippen LogP contribution in [0.15, 0.2) is 35.6 Å². The Hall–Kier alpha value is -1.91. The van der Waals surface area contributed by atoms with Gasteiger partial charge in [-0.25, -0.2) is 9.38 Å². The number of aryl methyl sites for hydroxylation is 1. The van der Waals surface area contributed by atoms with Crippen molar-refractivity contribution in [2.45, 2.75) is 40.0 Å². The van der Waals surface area contributed by atoms with E-state index in [-0.39, 0.29) is 41.6 Å². The maximum Gasteiger partial charge on any atom is 0.191 e. The number of guanidine groups is 1. The molecule has 0 amide bonds. The minimum atomic E-state index is -0.367. The molecule has 0 fully saturated rings. The van der Waals surface area contributed by atoms with Gasteiger partial charge in [-0.05, 0) is 32.9 Å². The van der Waals surface area contributed by atoms with E-state index in [1.54, 1.807) is 24.5 Å². The van der Waals surface area contributed by atoms with Gasteiger partial charge >= 0.3 is 0 Å². The minimum Gasteiger partial charge on any atom is -0.486 e. The lowest BCUT2D eigenvalue weighted by atomic mass is 10.3. The summed E-state index contributed by atoms with van der Waals surface area (Å²) in [6.07, 6.45) is 1.47. The summed E-state index contributed by atoms with van der Waals surface area (Å²) in [5.74, 6) is 1.33. The first-order chi connectivity index (χ1) is 12.1. The summed E-state index contributed by atoms with van der Waals surface area (Å²) in [6, 6.07) is 6.37. The third kappa shape index (κ3) is 6.77. The van der Waals surface area contributed by atoms with Gasteiger partial charge in [0.25, 0.3) is 0 Å². The van der Waals surface area contributed by atoms with E-state index < -0.39 is 0 Å². The number of aliphatic imine (C=N–C) groups is 1. The van der Waals surface area contributed by atoms with E-state index in [1.807, 2.05) is 25.3 Å². The second-order valence-electron chi connectivity index (χ2n) is 5.47. The monoisotopic (exact) mass is 476 g/mol. The van der Waals surface area contributed by atoms with Crippen molar-refractivity contribution in [3.8, 4) is 5.75 Å². The summed E-state index contributed by atoms with van der Waals surface area (Å²) < 4.78 is 21.2. The lowest BCUT2D eigenvalue weighted by Gasteiger charge is -2.18. The van der Waals surface area contributed by atoms with Crippen molar-refractivity contribution in [1.29, 1.82) is 0 Å². The van der Waals surface area contributed by atoms with Gasteiger partial charge in [-0.15, -0.1) is 34.2 Å². The highest BCUT2D eigenvalue weighted by Gasteiger charge is 2.09. The molecule has 144 valence electrons. The number of hydrogen-bond acceptors (Lipinski definition) is 4. The zero-order valence-corrected chi connectivity index (χ0v) is 17.6. The SMILES string of the molecule is CCNC(=NCc1nncn1CC)NCC(C)Oc1ccccc1F.I. The van der Waals surface area contributed by atoms with Crippen LogP contribution in [-0.4, -0.2) is 39.9 Å². The Balaban J connectivity index is 0.00000338. The number of ether oxygens (including phenoxy) is 1. The highest BCUT2D eigenvalue weighted by molar-refractivity contribution is 14.0. The lowest BCUT2D eigenvalue weighted by molar-refractivity contribution is 0.214. The van der Waals surface area contributed by atoms with Crippen LogP contribution in [0, 0.1) is 5.82 Å². The zero-order valence-electron chi connectivity index (χ0n) is 15.3. The molecule has 0 bridgehead atoms. The number of halogens is 2. The Kier molecular flexibility index (Phi) is 9.92. The third-order valence-corrected chi connectivity index (χ3v) is 3.48. The van der Waals surface area contributed by atoms with Gasteiger partial charge in [0.1, 0.15) is 19.0 Å². The van der Waals surface area contributed by atoms with Crippen molar-refractivity contribution in [1.82, 2.24) is 25.4 Å². The highest BCUT2D eigenvalue weighted by atomic mass is 127. The average Bonchev–Trinajstić information content (AvgIpc) is 3.07. The number of nitrogens with zero attached hydrogens (tertiary/aromatic N) is 4. The number of benzene rings is 1. The molecule has 2 aromatic rings. The molecule has 0 spiro atoms. The summed E-state index contributed by atoms with van der Waals surface area (Å²) in [5, 5.41) is 14.3.